The number of aromatic hydroxyl groups is 1. The largest absolute Gasteiger partial charge is 0.744 e. The van der Waals surface area contributed by atoms with E-state index in [2.05, 4.69) is 89.7 Å². The zero-order chi connectivity index (χ0) is 46.0. The highest BCUT2D eigenvalue weighted by molar-refractivity contribution is 7.91. The van der Waals surface area contributed by atoms with E-state index in [0.717, 1.165) is 31.7 Å². The van der Waals surface area contributed by atoms with Crippen molar-refractivity contribution in [3.05, 3.63) is 66.2 Å². The number of rotatable bonds is 17. The fraction of sp³-hybridized carbons (Fsp3) is 0.511. The summed E-state index contributed by atoms with van der Waals surface area (Å²) in [5.74, 6) is -0.759. The number of nitrogen functional groups attached to an aromatic ring is 1. The van der Waals surface area contributed by atoms with E-state index in [-0.39, 0.29) is 70.8 Å². The maximum Gasteiger partial charge on any atom is 0.178 e. The molecule has 0 aromatic heterocycles. The molecular weight excluding hydrogens is 835 g/mol. The van der Waals surface area contributed by atoms with E-state index in [1.54, 1.807) is 6.92 Å². The molecule has 0 aliphatic heterocycles. The molecule has 0 unspecified atom stereocenters. The van der Waals surface area contributed by atoms with Gasteiger partial charge in [0.05, 0.1) is 48.6 Å². The highest BCUT2D eigenvalue weighted by Crippen LogP contribution is 2.47. The van der Waals surface area contributed by atoms with Crippen LogP contribution in [0.1, 0.15) is 113 Å². The molecule has 0 spiro atoms. The fourth-order valence-corrected chi connectivity index (χ4v) is 11.8. The van der Waals surface area contributed by atoms with Crippen LogP contribution in [-0.2, 0) is 29.8 Å². The highest BCUT2D eigenvalue weighted by Gasteiger charge is 2.28. The number of hydrogen-bond donors (Lipinski definition) is 2. The first kappa shape index (κ1) is 49.4. The Hall–Kier alpha value is -4.25. The Kier molecular flexibility index (Phi) is 14.8. The summed E-state index contributed by atoms with van der Waals surface area (Å²) >= 11 is 0. The van der Waals surface area contributed by atoms with Crippen molar-refractivity contribution in [2.75, 3.05) is 17.2 Å². The lowest BCUT2D eigenvalue weighted by molar-refractivity contribution is 0.197. The molecule has 0 amide bonds. The molecule has 0 radical (unpaired) electrons. The number of benzene rings is 4. The lowest BCUT2D eigenvalue weighted by Crippen LogP contribution is -2.21. The predicted octanol–water partition coefficient (Wildman–Crippen LogP) is 12.2. The second kappa shape index (κ2) is 18.2. The van der Waals surface area contributed by atoms with E-state index in [1.165, 1.54) is 54.6 Å². The van der Waals surface area contributed by atoms with Crippen molar-refractivity contribution in [2.45, 2.75) is 129 Å². The van der Waals surface area contributed by atoms with Crippen molar-refractivity contribution in [1.82, 2.24) is 0 Å². The molecule has 0 atom stereocenters. The molecule has 13 nitrogen and oxygen atoms in total. The predicted molar refractivity (Wildman–Crippen MR) is 242 cm³/mol. The summed E-state index contributed by atoms with van der Waals surface area (Å²) in [5, 5.41) is 28.0. The van der Waals surface area contributed by atoms with Crippen molar-refractivity contribution >= 4 is 69.0 Å². The van der Waals surface area contributed by atoms with Gasteiger partial charge in [-0.25, -0.2) is 25.3 Å². The average molecular weight is 897 g/mol. The van der Waals surface area contributed by atoms with Gasteiger partial charge in [0, 0.05) is 0 Å². The van der Waals surface area contributed by atoms with Gasteiger partial charge in [-0.05, 0) is 139 Å². The second-order valence-electron chi connectivity index (χ2n) is 20.1. The maximum absolute atomic E-state index is 13.1. The standard InChI is InChI=1S/C45H63N5O8S3/c1-30-26-31-27-36(61(56,57)58)40(50-48-33-16-20-35(21-17-33)60(54,55)25-13-23-45(10,11)29-43(5,6)7)41(51)37(31)38(46)39(30)49-47-32-14-18-34(19-15-32)59(52,53)24-12-22-44(8,9)28-42(2,3)4/h14-21,26-27,51H,12-13,22-25,28-29,46H2,1-11H3,(H,56,57,58)/p-1. The Morgan fingerprint density at radius 1 is 0.607 bits per heavy atom. The number of nitrogens with zero attached hydrogens (tertiary/aromatic N) is 4. The van der Waals surface area contributed by atoms with Crippen LogP contribution in [-0.4, -0.2) is 46.4 Å². The number of phenolic OH excluding ortho intramolecular Hbond substituents is 1. The van der Waals surface area contributed by atoms with Crippen molar-refractivity contribution in [2.24, 2.45) is 42.1 Å². The molecule has 16 heteroatoms. The Morgan fingerprint density at radius 3 is 1.38 bits per heavy atom. The molecule has 0 heterocycles. The molecule has 0 saturated carbocycles. The molecule has 0 aliphatic rings. The van der Waals surface area contributed by atoms with Crippen LogP contribution in [0.25, 0.3) is 10.8 Å². The molecule has 0 bridgehead atoms. The van der Waals surface area contributed by atoms with Gasteiger partial charge in [-0.15, -0.1) is 10.2 Å². The van der Waals surface area contributed by atoms with Gasteiger partial charge in [-0.3, -0.25) is 0 Å². The average Bonchev–Trinajstić information content (AvgIpc) is 3.08. The minimum absolute atomic E-state index is 0.00459. The van der Waals surface area contributed by atoms with Gasteiger partial charge in [0.1, 0.15) is 21.5 Å². The first-order valence-corrected chi connectivity index (χ1v) is 25.0. The SMILES string of the molecule is Cc1cc2cc(S(=O)(=O)[O-])c(N=Nc3ccc(S(=O)(=O)CCCC(C)(C)CC(C)(C)C)cc3)c(O)c2c(N)c1N=Nc1ccc(S(=O)(=O)CCCC(C)(C)CC(C)(C)C)cc1. The van der Waals surface area contributed by atoms with Gasteiger partial charge in [0.15, 0.2) is 25.4 Å². The molecule has 4 aromatic carbocycles. The Bertz CT molecular complexity index is 2620. The topological polar surface area (TPSA) is 221 Å². The number of phenols is 1. The van der Waals surface area contributed by atoms with Gasteiger partial charge in [0.25, 0.3) is 0 Å². The third-order valence-corrected chi connectivity index (χ3v) is 14.8. The lowest BCUT2D eigenvalue weighted by atomic mass is 9.74. The van der Waals surface area contributed by atoms with Crippen LogP contribution in [0.2, 0.25) is 0 Å². The van der Waals surface area contributed by atoms with E-state index < -0.39 is 46.1 Å². The maximum atomic E-state index is 13.1. The molecule has 0 fully saturated rings. The first-order chi connectivity index (χ1) is 27.8. The van der Waals surface area contributed by atoms with Crippen LogP contribution in [0.4, 0.5) is 28.4 Å². The van der Waals surface area contributed by atoms with Gasteiger partial charge in [0.2, 0.25) is 0 Å². The summed E-state index contributed by atoms with van der Waals surface area (Å²) in [6, 6.07) is 14.0. The number of aryl methyl sites for hydroxylation is 1. The monoisotopic (exact) mass is 896 g/mol. The minimum Gasteiger partial charge on any atom is -0.744 e. The Labute approximate surface area is 363 Å². The highest BCUT2D eigenvalue weighted by atomic mass is 32.2. The molecule has 4 aromatic rings. The van der Waals surface area contributed by atoms with E-state index in [4.69, 9.17) is 5.73 Å². The van der Waals surface area contributed by atoms with Crippen LogP contribution in [0.3, 0.4) is 0 Å². The van der Waals surface area contributed by atoms with Crippen LogP contribution >= 0.6 is 0 Å². The van der Waals surface area contributed by atoms with Crippen molar-refractivity contribution in [3.8, 4) is 5.75 Å². The smallest absolute Gasteiger partial charge is 0.178 e. The summed E-state index contributed by atoms with van der Waals surface area (Å²) in [6.07, 6.45) is 4.45. The van der Waals surface area contributed by atoms with Crippen molar-refractivity contribution < 1.29 is 34.9 Å². The summed E-state index contributed by atoms with van der Waals surface area (Å²) in [7, 11) is -12.3. The number of fused-ring (bicyclic) bond motifs is 1. The molecule has 4 rings (SSSR count). The lowest BCUT2D eigenvalue weighted by Gasteiger charge is -2.32. The second-order valence-corrected chi connectivity index (χ2v) is 25.7. The van der Waals surface area contributed by atoms with E-state index >= 15 is 0 Å². The summed E-state index contributed by atoms with van der Waals surface area (Å²) < 4.78 is 89.8. The van der Waals surface area contributed by atoms with E-state index in [0.29, 0.717) is 24.1 Å². The fourth-order valence-electron chi connectivity index (χ4n) is 8.52. The number of sulfone groups is 2. The zero-order valence-corrected chi connectivity index (χ0v) is 39.8. The Balaban J connectivity index is 1.57. The molecule has 0 saturated heterocycles. The minimum atomic E-state index is -5.19. The molecular formula is C45H62N5O8S3-. The number of anilines is 1. The quantitative estimate of drug-likeness (QED) is 0.0583. The molecule has 3 N–H and O–H groups in total. The summed E-state index contributed by atoms with van der Waals surface area (Å²) in [4.78, 5) is -0.588. The number of hydrogen-bond acceptors (Lipinski definition) is 13. The summed E-state index contributed by atoms with van der Waals surface area (Å²) in [6.45, 7) is 23.2. The van der Waals surface area contributed by atoms with E-state index in [1.807, 2.05) is 0 Å². The zero-order valence-electron chi connectivity index (χ0n) is 37.3. The van der Waals surface area contributed by atoms with Crippen LogP contribution in [0.5, 0.6) is 5.75 Å². The van der Waals surface area contributed by atoms with E-state index in [9.17, 15) is 34.9 Å². The Morgan fingerprint density at radius 2 is 1.00 bits per heavy atom. The molecule has 0 aliphatic carbocycles. The molecule has 61 heavy (non-hydrogen) atoms. The van der Waals surface area contributed by atoms with Gasteiger partial charge in [-0.1, -0.05) is 69.2 Å². The normalized spacial score (nSPS) is 13.8. The third kappa shape index (κ3) is 13.9. The molecule has 334 valence electrons. The van der Waals surface area contributed by atoms with Gasteiger partial charge >= 0.3 is 0 Å². The van der Waals surface area contributed by atoms with Crippen molar-refractivity contribution in [1.29, 1.82) is 0 Å². The summed E-state index contributed by atoms with van der Waals surface area (Å²) in [5.41, 5.74) is 7.01. The third-order valence-electron chi connectivity index (χ3n) is 10.3. The van der Waals surface area contributed by atoms with Gasteiger partial charge in [-0.2, -0.15) is 10.2 Å². The van der Waals surface area contributed by atoms with Crippen LogP contribution < -0.4 is 5.73 Å². The van der Waals surface area contributed by atoms with Crippen molar-refractivity contribution in [3.63, 3.8) is 0 Å². The van der Waals surface area contributed by atoms with Gasteiger partial charge < -0.3 is 15.4 Å². The number of azo groups is 2. The number of nitrogens with two attached hydrogens (primary N) is 1. The van der Waals surface area contributed by atoms with Crippen LogP contribution in [0, 0.1) is 28.6 Å². The first-order valence-electron chi connectivity index (χ1n) is 20.3. The van der Waals surface area contributed by atoms with Crippen LogP contribution in [0.15, 0.2) is 95.8 Å².